The predicted octanol–water partition coefficient (Wildman–Crippen LogP) is 3.01. The number of hydrogen-bond donors (Lipinski definition) is 0. The summed E-state index contributed by atoms with van der Waals surface area (Å²) >= 11 is 6.30. The number of anilines is 1. The van der Waals surface area contributed by atoms with Crippen LogP contribution in [0.1, 0.15) is 24.8 Å². The van der Waals surface area contributed by atoms with Gasteiger partial charge < -0.3 is 9.80 Å². The second-order valence-corrected chi connectivity index (χ2v) is 6.70. The molecule has 0 radical (unpaired) electrons. The fourth-order valence-electron chi connectivity index (χ4n) is 3.17. The van der Waals surface area contributed by atoms with Crippen LogP contribution in [0.2, 0.25) is 5.02 Å². The zero-order valence-corrected chi connectivity index (χ0v) is 13.9. The molecule has 0 bridgehead atoms. The van der Waals surface area contributed by atoms with Gasteiger partial charge in [0.25, 0.3) is 5.69 Å². The number of non-ortho nitro benzene ring substituents is 1. The van der Waals surface area contributed by atoms with Crippen molar-refractivity contribution in [2.24, 2.45) is 5.92 Å². The van der Waals surface area contributed by atoms with Gasteiger partial charge in [0.1, 0.15) is 0 Å². The highest BCUT2D eigenvalue weighted by molar-refractivity contribution is 6.33. The van der Waals surface area contributed by atoms with Crippen molar-refractivity contribution in [3.63, 3.8) is 0 Å². The van der Waals surface area contributed by atoms with Crippen LogP contribution in [0.3, 0.4) is 0 Å². The minimum Gasteiger partial charge on any atom is -0.368 e. The molecule has 1 heterocycles. The number of hydrogen-bond acceptors (Lipinski definition) is 4. The molecule has 1 saturated carbocycles. The minimum absolute atomic E-state index is 0.0107. The molecule has 0 atom stereocenters. The smallest absolute Gasteiger partial charge is 0.271 e. The number of nitrogens with zero attached hydrogens (tertiary/aromatic N) is 3. The summed E-state index contributed by atoms with van der Waals surface area (Å²) in [5, 5.41) is 11.3. The van der Waals surface area contributed by atoms with E-state index in [9.17, 15) is 14.9 Å². The van der Waals surface area contributed by atoms with Gasteiger partial charge >= 0.3 is 0 Å². The first-order chi connectivity index (χ1) is 11.0. The fraction of sp³-hybridized carbons (Fsp3) is 0.562. The highest BCUT2D eigenvalue weighted by Crippen LogP contribution is 2.35. The zero-order chi connectivity index (χ0) is 16.6. The van der Waals surface area contributed by atoms with Crippen molar-refractivity contribution in [2.45, 2.75) is 26.2 Å². The van der Waals surface area contributed by atoms with Gasteiger partial charge in [0.2, 0.25) is 5.91 Å². The Balaban J connectivity index is 1.77. The van der Waals surface area contributed by atoms with Gasteiger partial charge in [-0.05, 0) is 31.7 Å². The number of aryl methyl sites for hydroxylation is 1. The number of carbonyl (C=O) groups is 1. The van der Waals surface area contributed by atoms with E-state index < -0.39 is 4.92 Å². The number of halogens is 1. The maximum atomic E-state index is 12.2. The van der Waals surface area contributed by atoms with Crippen LogP contribution in [0.25, 0.3) is 0 Å². The van der Waals surface area contributed by atoms with E-state index in [4.69, 9.17) is 11.6 Å². The first-order valence-corrected chi connectivity index (χ1v) is 8.33. The van der Waals surface area contributed by atoms with Gasteiger partial charge in [-0.3, -0.25) is 14.9 Å². The van der Waals surface area contributed by atoms with Crippen molar-refractivity contribution in [3.8, 4) is 0 Å². The number of amides is 1. The normalized spacial score (nSPS) is 18.7. The lowest BCUT2D eigenvalue weighted by Crippen LogP contribution is -2.36. The Bertz CT molecular complexity index is 622. The van der Waals surface area contributed by atoms with Crippen LogP contribution in [-0.2, 0) is 4.79 Å². The average molecular weight is 338 g/mol. The van der Waals surface area contributed by atoms with Crippen molar-refractivity contribution in [2.75, 3.05) is 31.1 Å². The summed E-state index contributed by atoms with van der Waals surface area (Å²) in [5.41, 5.74) is 1.65. The molecule has 2 aliphatic rings. The Morgan fingerprint density at radius 3 is 2.61 bits per heavy atom. The lowest BCUT2D eigenvalue weighted by Gasteiger charge is -2.26. The van der Waals surface area contributed by atoms with E-state index >= 15 is 0 Å². The van der Waals surface area contributed by atoms with Crippen LogP contribution in [-0.4, -0.2) is 41.9 Å². The zero-order valence-electron chi connectivity index (χ0n) is 13.1. The molecule has 0 aromatic heterocycles. The Kier molecular flexibility index (Phi) is 4.43. The number of nitro benzene ring substituents is 1. The van der Waals surface area contributed by atoms with Gasteiger partial charge in [0, 0.05) is 44.2 Å². The van der Waals surface area contributed by atoms with Gasteiger partial charge in [-0.15, -0.1) is 0 Å². The summed E-state index contributed by atoms with van der Waals surface area (Å²) in [5.74, 6) is 0.518. The molecule has 1 amide bonds. The van der Waals surface area contributed by atoms with E-state index in [0.717, 1.165) is 43.6 Å². The molecule has 6 nitrogen and oxygen atoms in total. The van der Waals surface area contributed by atoms with Crippen molar-refractivity contribution in [1.29, 1.82) is 0 Å². The molecule has 1 aromatic carbocycles. The van der Waals surface area contributed by atoms with Crippen LogP contribution in [0.4, 0.5) is 11.4 Å². The van der Waals surface area contributed by atoms with Crippen LogP contribution < -0.4 is 4.90 Å². The van der Waals surface area contributed by atoms with Crippen LogP contribution in [0, 0.1) is 23.0 Å². The molecule has 3 rings (SSSR count). The van der Waals surface area contributed by atoms with Gasteiger partial charge in [0.05, 0.1) is 15.6 Å². The lowest BCUT2D eigenvalue weighted by molar-refractivity contribution is -0.384. The number of benzene rings is 1. The summed E-state index contributed by atoms with van der Waals surface area (Å²) in [6.07, 6.45) is 2.92. The minimum atomic E-state index is -0.429. The van der Waals surface area contributed by atoms with Crippen LogP contribution >= 0.6 is 11.6 Å². The Labute approximate surface area is 140 Å². The first kappa shape index (κ1) is 16.1. The van der Waals surface area contributed by atoms with Crippen molar-refractivity contribution in [1.82, 2.24) is 4.90 Å². The molecule has 0 unspecified atom stereocenters. The topological polar surface area (TPSA) is 66.7 Å². The van der Waals surface area contributed by atoms with E-state index in [0.29, 0.717) is 18.1 Å². The average Bonchev–Trinajstić information content (AvgIpc) is 3.33. The van der Waals surface area contributed by atoms with E-state index in [1.807, 2.05) is 11.8 Å². The van der Waals surface area contributed by atoms with Crippen molar-refractivity contribution >= 4 is 28.9 Å². The molecular formula is C16H20ClN3O3. The third kappa shape index (κ3) is 3.42. The third-order valence-corrected chi connectivity index (χ3v) is 4.79. The Morgan fingerprint density at radius 2 is 2.00 bits per heavy atom. The summed E-state index contributed by atoms with van der Waals surface area (Å²) in [7, 11) is 0. The lowest BCUT2D eigenvalue weighted by atomic mass is 10.1. The number of rotatable bonds is 3. The highest BCUT2D eigenvalue weighted by Gasteiger charge is 2.34. The van der Waals surface area contributed by atoms with Gasteiger partial charge in [-0.25, -0.2) is 0 Å². The largest absolute Gasteiger partial charge is 0.368 e. The number of nitro groups is 1. The molecule has 2 fully saturated rings. The summed E-state index contributed by atoms with van der Waals surface area (Å²) in [6, 6.07) is 2.96. The first-order valence-electron chi connectivity index (χ1n) is 7.95. The van der Waals surface area contributed by atoms with E-state index in [1.54, 1.807) is 6.07 Å². The van der Waals surface area contributed by atoms with Crippen molar-refractivity contribution in [3.05, 3.63) is 32.8 Å². The second kappa shape index (κ2) is 6.35. The molecule has 1 saturated heterocycles. The summed E-state index contributed by atoms with van der Waals surface area (Å²) < 4.78 is 0. The van der Waals surface area contributed by atoms with Crippen molar-refractivity contribution < 1.29 is 9.72 Å². The highest BCUT2D eigenvalue weighted by atomic mass is 35.5. The second-order valence-electron chi connectivity index (χ2n) is 6.29. The molecule has 7 heteroatoms. The standard InChI is InChI=1S/C16H20ClN3O3/c1-11-9-13(20(22)23)10-14(17)15(11)18-5-2-6-19(8-7-18)16(21)12-3-4-12/h9-10,12H,2-8H2,1H3. The van der Waals surface area contributed by atoms with E-state index in [2.05, 4.69) is 4.90 Å². The number of carbonyl (C=O) groups excluding carboxylic acids is 1. The monoisotopic (exact) mass is 337 g/mol. The van der Waals surface area contributed by atoms with E-state index in [1.165, 1.54) is 6.07 Å². The van der Waals surface area contributed by atoms with Gasteiger partial charge in [0.15, 0.2) is 0 Å². The summed E-state index contributed by atoms with van der Waals surface area (Å²) in [4.78, 5) is 26.8. The predicted molar refractivity (Wildman–Crippen MR) is 89.0 cm³/mol. The van der Waals surface area contributed by atoms with Crippen LogP contribution in [0.5, 0.6) is 0 Å². The van der Waals surface area contributed by atoms with Gasteiger partial charge in [-0.2, -0.15) is 0 Å². The molecule has 0 spiro atoms. The van der Waals surface area contributed by atoms with E-state index in [-0.39, 0.29) is 17.5 Å². The Hall–Kier alpha value is -1.82. The molecule has 1 aliphatic heterocycles. The fourth-order valence-corrected chi connectivity index (χ4v) is 3.55. The third-order valence-electron chi connectivity index (χ3n) is 4.50. The maximum Gasteiger partial charge on any atom is 0.271 e. The summed E-state index contributed by atoms with van der Waals surface area (Å²) in [6.45, 7) is 4.80. The van der Waals surface area contributed by atoms with Gasteiger partial charge in [-0.1, -0.05) is 11.6 Å². The SMILES string of the molecule is Cc1cc([N+](=O)[O-])cc(Cl)c1N1CCCN(C(=O)C2CC2)CC1. The molecule has 124 valence electrons. The molecule has 23 heavy (non-hydrogen) atoms. The quantitative estimate of drug-likeness (QED) is 0.628. The molecule has 1 aliphatic carbocycles. The molecular weight excluding hydrogens is 318 g/mol. The Morgan fingerprint density at radius 1 is 1.26 bits per heavy atom. The molecule has 0 N–H and O–H groups in total. The van der Waals surface area contributed by atoms with Crippen LogP contribution in [0.15, 0.2) is 12.1 Å². The maximum absolute atomic E-state index is 12.2. The molecule has 1 aromatic rings.